The van der Waals surface area contributed by atoms with Gasteiger partial charge in [0.15, 0.2) is 0 Å². The largest absolute Gasteiger partial charge is 0.361 e. The van der Waals surface area contributed by atoms with Crippen molar-refractivity contribution in [3.8, 4) is 6.07 Å². The lowest BCUT2D eigenvalue weighted by Crippen LogP contribution is -2.32. The monoisotopic (exact) mass is 267 g/mol. The van der Waals surface area contributed by atoms with Gasteiger partial charge in [0.1, 0.15) is 0 Å². The molecule has 1 aliphatic carbocycles. The zero-order valence-corrected chi connectivity index (χ0v) is 12.2. The minimum absolute atomic E-state index is 0.694. The molecule has 1 aliphatic rings. The van der Waals surface area contributed by atoms with Gasteiger partial charge in [-0.25, -0.2) is 0 Å². The van der Waals surface area contributed by atoms with E-state index in [1.807, 2.05) is 18.2 Å². The number of hydrogen-bond acceptors (Lipinski definition) is 2. The van der Waals surface area contributed by atoms with Gasteiger partial charge in [-0.15, -0.1) is 0 Å². The van der Waals surface area contributed by atoms with Crippen LogP contribution >= 0.6 is 0 Å². The summed E-state index contributed by atoms with van der Waals surface area (Å²) < 4.78 is 0. The second-order valence-electron chi connectivity index (χ2n) is 6.11. The van der Waals surface area contributed by atoms with Gasteiger partial charge >= 0.3 is 0 Å². The maximum Gasteiger partial charge on any atom is 0.0991 e. The van der Waals surface area contributed by atoms with Crippen molar-refractivity contribution >= 4 is 10.9 Å². The summed E-state index contributed by atoms with van der Waals surface area (Å²) in [4.78, 5) is 5.70. The van der Waals surface area contributed by atoms with Crippen molar-refractivity contribution in [2.75, 3.05) is 14.1 Å². The number of fused-ring (bicyclic) bond motifs is 1. The van der Waals surface area contributed by atoms with E-state index in [2.05, 4.69) is 36.2 Å². The quantitative estimate of drug-likeness (QED) is 0.927. The molecule has 0 amide bonds. The summed E-state index contributed by atoms with van der Waals surface area (Å²) in [6.07, 6.45) is 7.19. The number of hydrogen-bond donors (Lipinski definition) is 1. The fraction of sp³-hybridized carbons (Fsp3) is 0.471. The van der Waals surface area contributed by atoms with E-state index in [4.69, 9.17) is 5.26 Å². The maximum atomic E-state index is 9.06. The van der Waals surface area contributed by atoms with E-state index in [0.717, 1.165) is 23.4 Å². The zero-order chi connectivity index (χ0) is 14.1. The Morgan fingerprint density at radius 3 is 2.95 bits per heavy atom. The molecule has 0 aliphatic heterocycles. The summed E-state index contributed by atoms with van der Waals surface area (Å²) in [6, 6.07) is 8.83. The summed E-state index contributed by atoms with van der Waals surface area (Å²) in [5, 5.41) is 10.3. The molecule has 3 nitrogen and oxygen atoms in total. The van der Waals surface area contributed by atoms with Crippen LogP contribution in [0.5, 0.6) is 0 Å². The highest BCUT2D eigenvalue weighted by molar-refractivity contribution is 5.84. The van der Waals surface area contributed by atoms with Crippen molar-refractivity contribution in [3.05, 3.63) is 35.5 Å². The number of benzene rings is 1. The molecular formula is C17H21N3. The molecule has 1 fully saturated rings. The molecule has 0 spiro atoms. The molecule has 2 unspecified atom stereocenters. The second-order valence-corrected chi connectivity index (χ2v) is 6.11. The van der Waals surface area contributed by atoms with Crippen LogP contribution in [0.15, 0.2) is 24.4 Å². The van der Waals surface area contributed by atoms with Crippen molar-refractivity contribution in [1.82, 2.24) is 9.88 Å². The molecule has 3 rings (SSSR count). The summed E-state index contributed by atoms with van der Waals surface area (Å²) in [5.74, 6) is 0.731. The van der Waals surface area contributed by atoms with Gasteiger partial charge < -0.3 is 9.88 Å². The first-order chi connectivity index (χ1) is 9.69. The molecule has 2 aromatic rings. The van der Waals surface area contributed by atoms with Crippen LogP contribution in [-0.4, -0.2) is 30.0 Å². The molecule has 1 aromatic carbocycles. The van der Waals surface area contributed by atoms with Crippen molar-refractivity contribution < 1.29 is 0 Å². The van der Waals surface area contributed by atoms with Gasteiger partial charge in [0.25, 0.3) is 0 Å². The topological polar surface area (TPSA) is 42.8 Å². The molecule has 1 N–H and O–H groups in total. The van der Waals surface area contributed by atoms with Crippen LogP contribution in [0, 0.1) is 17.2 Å². The van der Waals surface area contributed by atoms with Gasteiger partial charge in [-0.3, -0.25) is 0 Å². The third-order valence-electron chi connectivity index (χ3n) is 4.66. The van der Waals surface area contributed by atoms with Gasteiger partial charge in [-0.05, 0) is 63.0 Å². The van der Waals surface area contributed by atoms with Crippen LogP contribution < -0.4 is 0 Å². The van der Waals surface area contributed by atoms with Gasteiger partial charge in [-0.2, -0.15) is 5.26 Å². The standard InChI is InChI=1S/C17H21N3/c1-20(2)17-5-3-4-13(17)9-14-11-19-16-7-6-12(10-18)8-15(14)16/h6-8,11,13,17,19H,3-5,9H2,1-2H3. The predicted molar refractivity (Wildman–Crippen MR) is 81.5 cm³/mol. The highest BCUT2D eigenvalue weighted by atomic mass is 15.1. The van der Waals surface area contributed by atoms with Gasteiger partial charge in [-0.1, -0.05) is 6.42 Å². The van der Waals surface area contributed by atoms with Crippen LogP contribution in [0.3, 0.4) is 0 Å². The zero-order valence-electron chi connectivity index (χ0n) is 12.2. The third kappa shape index (κ3) is 2.32. The fourth-order valence-corrected chi connectivity index (χ4v) is 3.63. The highest BCUT2D eigenvalue weighted by Gasteiger charge is 2.29. The summed E-state index contributed by atoms with van der Waals surface area (Å²) in [6.45, 7) is 0. The Balaban J connectivity index is 1.89. The predicted octanol–water partition coefficient (Wildman–Crippen LogP) is 3.31. The molecule has 1 heterocycles. The van der Waals surface area contributed by atoms with Gasteiger partial charge in [0, 0.05) is 23.1 Å². The molecule has 0 bridgehead atoms. The second kappa shape index (κ2) is 5.30. The summed E-state index contributed by atoms with van der Waals surface area (Å²) in [7, 11) is 4.37. The van der Waals surface area contributed by atoms with E-state index in [1.165, 1.54) is 30.2 Å². The van der Waals surface area contributed by atoms with Crippen molar-refractivity contribution in [2.45, 2.75) is 31.7 Å². The van der Waals surface area contributed by atoms with Crippen LogP contribution in [0.25, 0.3) is 10.9 Å². The lowest BCUT2D eigenvalue weighted by Gasteiger charge is -2.26. The number of nitriles is 1. The number of rotatable bonds is 3. The normalized spacial score (nSPS) is 22.5. The number of nitrogens with one attached hydrogen (secondary N) is 1. The Bertz CT molecular complexity index is 648. The average molecular weight is 267 g/mol. The Kier molecular flexibility index (Phi) is 3.50. The first-order valence-corrected chi connectivity index (χ1v) is 7.35. The Morgan fingerprint density at radius 1 is 1.35 bits per heavy atom. The molecule has 3 heteroatoms. The molecule has 0 saturated heterocycles. The molecule has 2 atom stereocenters. The van der Waals surface area contributed by atoms with Crippen LogP contribution in [-0.2, 0) is 6.42 Å². The van der Waals surface area contributed by atoms with Gasteiger partial charge in [0.2, 0.25) is 0 Å². The molecule has 20 heavy (non-hydrogen) atoms. The van der Waals surface area contributed by atoms with Crippen molar-refractivity contribution in [1.29, 1.82) is 5.26 Å². The lowest BCUT2D eigenvalue weighted by molar-refractivity contribution is 0.237. The minimum Gasteiger partial charge on any atom is -0.361 e. The number of nitrogens with zero attached hydrogens (tertiary/aromatic N) is 2. The molecule has 1 saturated carbocycles. The van der Waals surface area contributed by atoms with Crippen LogP contribution in [0.2, 0.25) is 0 Å². The maximum absolute atomic E-state index is 9.06. The lowest BCUT2D eigenvalue weighted by atomic mass is 9.93. The fourth-order valence-electron chi connectivity index (χ4n) is 3.63. The van der Waals surface area contributed by atoms with Crippen molar-refractivity contribution in [2.24, 2.45) is 5.92 Å². The third-order valence-corrected chi connectivity index (χ3v) is 4.66. The first-order valence-electron chi connectivity index (χ1n) is 7.35. The number of aromatic nitrogens is 1. The molecule has 104 valence electrons. The first kappa shape index (κ1) is 13.2. The van der Waals surface area contributed by atoms with E-state index >= 15 is 0 Å². The molecular weight excluding hydrogens is 246 g/mol. The van der Waals surface area contributed by atoms with E-state index in [0.29, 0.717) is 6.04 Å². The molecule has 1 aromatic heterocycles. The Hall–Kier alpha value is -1.79. The van der Waals surface area contributed by atoms with Crippen LogP contribution in [0.4, 0.5) is 0 Å². The summed E-state index contributed by atoms with van der Waals surface area (Å²) in [5.41, 5.74) is 3.24. The van der Waals surface area contributed by atoms with E-state index in [1.54, 1.807) is 0 Å². The summed E-state index contributed by atoms with van der Waals surface area (Å²) >= 11 is 0. The van der Waals surface area contributed by atoms with E-state index in [-0.39, 0.29) is 0 Å². The number of H-pyrrole nitrogens is 1. The Morgan fingerprint density at radius 2 is 2.20 bits per heavy atom. The highest BCUT2D eigenvalue weighted by Crippen LogP contribution is 2.33. The van der Waals surface area contributed by atoms with Gasteiger partial charge in [0.05, 0.1) is 11.6 Å². The van der Waals surface area contributed by atoms with E-state index < -0.39 is 0 Å². The van der Waals surface area contributed by atoms with Crippen LogP contribution in [0.1, 0.15) is 30.4 Å². The minimum atomic E-state index is 0.694. The molecule has 0 radical (unpaired) electrons. The number of aromatic amines is 1. The Labute approximate surface area is 120 Å². The smallest absolute Gasteiger partial charge is 0.0991 e. The van der Waals surface area contributed by atoms with E-state index in [9.17, 15) is 0 Å². The SMILES string of the molecule is CN(C)C1CCCC1Cc1c[nH]c2ccc(C#N)cc12. The van der Waals surface area contributed by atoms with Crippen molar-refractivity contribution in [3.63, 3.8) is 0 Å². The average Bonchev–Trinajstić information content (AvgIpc) is 3.06.